The summed E-state index contributed by atoms with van der Waals surface area (Å²) in [5.74, 6) is -3.57. The van der Waals surface area contributed by atoms with Gasteiger partial charge in [-0.2, -0.15) is 18.3 Å². The number of nitrogens with one attached hydrogen (secondary N) is 2. The minimum absolute atomic E-state index is 0.00457. The van der Waals surface area contributed by atoms with Gasteiger partial charge in [0.25, 0.3) is 5.91 Å². The molecule has 0 saturated heterocycles. The number of benzene rings is 2. The van der Waals surface area contributed by atoms with Crippen molar-refractivity contribution < 1.29 is 36.2 Å². The SMILES string of the molecule is NC(=O)c1cc(-c2cccnc2C(Cc2cc(F)cc(F)c2)NC(O)Cn2nc3c(c2C(F)(F)F)CNC3)ccc1F. The minimum atomic E-state index is -4.74. The summed E-state index contributed by atoms with van der Waals surface area (Å²) < 4.78 is 84.7. The Bertz CT molecular complexity index is 1620. The number of alkyl halides is 3. The molecule has 220 valence electrons. The molecule has 1 aliphatic heterocycles. The lowest BCUT2D eigenvalue weighted by molar-refractivity contribution is -0.145. The van der Waals surface area contributed by atoms with Crippen LogP contribution in [-0.4, -0.2) is 32.0 Å². The number of nitrogens with zero attached hydrogens (tertiary/aromatic N) is 3. The Morgan fingerprint density at radius 2 is 1.83 bits per heavy atom. The maximum absolute atomic E-state index is 14.2. The summed E-state index contributed by atoms with van der Waals surface area (Å²) in [5.41, 5.74) is 5.15. The van der Waals surface area contributed by atoms with Crippen molar-refractivity contribution in [1.82, 2.24) is 25.4 Å². The number of aliphatic hydroxyl groups is 1. The zero-order valence-corrected chi connectivity index (χ0v) is 21.7. The second kappa shape index (κ2) is 11.5. The van der Waals surface area contributed by atoms with Crippen molar-refractivity contribution in [2.45, 2.75) is 44.5 Å². The molecule has 42 heavy (non-hydrogen) atoms. The first kappa shape index (κ1) is 29.2. The van der Waals surface area contributed by atoms with Gasteiger partial charge in [-0.15, -0.1) is 0 Å². The highest BCUT2D eigenvalue weighted by molar-refractivity contribution is 5.94. The van der Waals surface area contributed by atoms with Crippen molar-refractivity contribution in [3.63, 3.8) is 0 Å². The fourth-order valence-electron chi connectivity index (χ4n) is 5.10. The molecule has 0 radical (unpaired) electrons. The third-order valence-corrected chi connectivity index (χ3v) is 6.81. The first-order valence-corrected chi connectivity index (χ1v) is 12.7. The molecule has 5 rings (SSSR count). The molecule has 5 N–H and O–H groups in total. The smallest absolute Gasteiger partial charge is 0.377 e. The van der Waals surface area contributed by atoms with E-state index in [1.54, 1.807) is 12.1 Å². The molecule has 3 heterocycles. The molecule has 4 aromatic rings. The maximum Gasteiger partial charge on any atom is 0.433 e. The molecule has 1 aliphatic rings. The zero-order chi connectivity index (χ0) is 30.2. The van der Waals surface area contributed by atoms with Crippen LogP contribution in [0.4, 0.5) is 26.3 Å². The second-order valence-corrected chi connectivity index (χ2v) is 9.77. The van der Waals surface area contributed by atoms with E-state index in [0.29, 0.717) is 21.9 Å². The van der Waals surface area contributed by atoms with Gasteiger partial charge in [0.15, 0.2) is 0 Å². The maximum atomic E-state index is 14.2. The molecule has 2 aromatic carbocycles. The summed E-state index contributed by atoms with van der Waals surface area (Å²) in [5, 5.41) is 20.6. The number of pyridine rings is 1. The van der Waals surface area contributed by atoms with E-state index in [1.165, 1.54) is 18.3 Å². The molecule has 14 heteroatoms. The van der Waals surface area contributed by atoms with E-state index in [0.717, 1.165) is 18.2 Å². The van der Waals surface area contributed by atoms with Crippen molar-refractivity contribution >= 4 is 5.91 Å². The highest BCUT2D eigenvalue weighted by Gasteiger charge is 2.41. The van der Waals surface area contributed by atoms with Crippen LogP contribution in [0.15, 0.2) is 54.7 Å². The number of carbonyl (C=O) groups is 1. The summed E-state index contributed by atoms with van der Waals surface area (Å²) in [4.78, 5) is 16.1. The van der Waals surface area contributed by atoms with Gasteiger partial charge in [-0.3, -0.25) is 19.8 Å². The summed E-state index contributed by atoms with van der Waals surface area (Å²) >= 11 is 0. The molecule has 0 saturated carbocycles. The Kier molecular flexibility index (Phi) is 8.03. The molecule has 1 amide bonds. The summed E-state index contributed by atoms with van der Waals surface area (Å²) in [7, 11) is 0. The predicted molar refractivity (Wildman–Crippen MR) is 138 cm³/mol. The Labute approximate surface area is 235 Å². The van der Waals surface area contributed by atoms with Gasteiger partial charge in [0.05, 0.1) is 29.5 Å². The number of nitrogens with two attached hydrogens (primary N) is 1. The Hall–Kier alpha value is -4.27. The third kappa shape index (κ3) is 6.15. The molecular weight excluding hydrogens is 566 g/mol. The number of halogens is 6. The first-order valence-electron chi connectivity index (χ1n) is 12.7. The van der Waals surface area contributed by atoms with Crippen LogP contribution in [0.5, 0.6) is 0 Å². The van der Waals surface area contributed by atoms with E-state index >= 15 is 0 Å². The predicted octanol–water partition coefficient (Wildman–Crippen LogP) is 3.98. The fraction of sp³-hybridized carbons (Fsp3) is 0.250. The van der Waals surface area contributed by atoms with Gasteiger partial charge in [0, 0.05) is 36.5 Å². The quantitative estimate of drug-likeness (QED) is 0.173. The molecular formula is C28H24F6N6O2. The van der Waals surface area contributed by atoms with Crippen molar-refractivity contribution in [1.29, 1.82) is 0 Å². The number of carbonyl (C=O) groups excluding carboxylic acids is 1. The summed E-state index contributed by atoms with van der Waals surface area (Å²) in [6, 6.07) is 8.55. The van der Waals surface area contributed by atoms with Gasteiger partial charge in [0.2, 0.25) is 0 Å². The number of rotatable bonds is 9. The number of aromatic nitrogens is 3. The van der Waals surface area contributed by atoms with Crippen LogP contribution in [-0.2, 0) is 32.2 Å². The molecule has 2 atom stereocenters. The molecule has 0 fully saturated rings. The van der Waals surface area contributed by atoms with Crippen LogP contribution in [0.25, 0.3) is 11.1 Å². The molecule has 0 bridgehead atoms. The van der Waals surface area contributed by atoms with Crippen LogP contribution in [0.3, 0.4) is 0 Å². The highest BCUT2D eigenvalue weighted by Crippen LogP contribution is 2.36. The molecule has 0 spiro atoms. The molecule has 8 nitrogen and oxygen atoms in total. The highest BCUT2D eigenvalue weighted by atomic mass is 19.4. The van der Waals surface area contributed by atoms with E-state index in [1.807, 2.05) is 0 Å². The number of hydrogen-bond donors (Lipinski definition) is 4. The van der Waals surface area contributed by atoms with Crippen molar-refractivity contribution in [2.24, 2.45) is 5.73 Å². The number of aliphatic hydroxyl groups excluding tert-OH is 1. The zero-order valence-electron chi connectivity index (χ0n) is 21.7. The largest absolute Gasteiger partial charge is 0.433 e. The number of primary amides is 1. The van der Waals surface area contributed by atoms with E-state index in [4.69, 9.17) is 5.73 Å². The minimum Gasteiger partial charge on any atom is -0.377 e. The molecule has 2 aromatic heterocycles. The topological polar surface area (TPSA) is 118 Å². The van der Waals surface area contributed by atoms with Gasteiger partial charge >= 0.3 is 6.18 Å². The fourth-order valence-corrected chi connectivity index (χ4v) is 5.10. The average Bonchev–Trinajstić information content (AvgIpc) is 3.48. The van der Waals surface area contributed by atoms with Gasteiger partial charge in [-0.25, -0.2) is 13.2 Å². The Morgan fingerprint density at radius 1 is 1.10 bits per heavy atom. The lowest BCUT2D eigenvalue weighted by Crippen LogP contribution is -2.39. The van der Waals surface area contributed by atoms with E-state index in [-0.39, 0.29) is 47.6 Å². The standard InChI is InChI=1S/C28H24F6N6O2/c29-16-6-14(7-17(30)10-16)8-22(25-18(2-1-5-37-25)15-3-4-21(31)19(9-15)27(35)42)38-24(41)13-40-26(28(32,33)34)20-11-36-12-23(20)39-40/h1-7,9-10,22,24,36,38,41H,8,11-13H2,(H2,35,42). The van der Waals surface area contributed by atoms with Crippen LogP contribution in [0, 0.1) is 17.5 Å². The summed E-state index contributed by atoms with van der Waals surface area (Å²) in [6.07, 6.45) is -5.13. The third-order valence-electron chi connectivity index (χ3n) is 6.81. The van der Waals surface area contributed by atoms with E-state index < -0.39 is 54.0 Å². The molecule has 2 unspecified atom stereocenters. The number of fused-ring (bicyclic) bond motifs is 1. The first-order chi connectivity index (χ1) is 19.9. The normalized spacial score (nSPS) is 14.5. The summed E-state index contributed by atoms with van der Waals surface area (Å²) in [6.45, 7) is -0.491. The van der Waals surface area contributed by atoms with Crippen LogP contribution in [0.1, 0.15) is 44.6 Å². The number of hydrogen-bond acceptors (Lipinski definition) is 6. The average molecular weight is 591 g/mol. The van der Waals surface area contributed by atoms with Crippen LogP contribution >= 0.6 is 0 Å². The lowest BCUT2D eigenvalue weighted by Gasteiger charge is -2.25. The van der Waals surface area contributed by atoms with Gasteiger partial charge in [0.1, 0.15) is 29.4 Å². The lowest BCUT2D eigenvalue weighted by atomic mass is 9.94. The monoisotopic (exact) mass is 590 g/mol. The van der Waals surface area contributed by atoms with Gasteiger partial charge < -0.3 is 16.2 Å². The molecule has 0 aliphatic carbocycles. The second-order valence-electron chi connectivity index (χ2n) is 9.77. The van der Waals surface area contributed by atoms with Gasteiger partial charge in [-0.05, 0) is 47.9 Å². The Balaban J connectivity index is 1.53. The van der Waals surface area contributed by atoms with Crippen LogP contribution in [0.2, 0.25) is 0 Å². The Morgan fingerprint density at radius 3 is 2.52 bits per heavy atom. The van der Waals surface area contributed by atoms with Crippen LogP contribution < -0.4 is 16.4 Å². The van der Waals surface area contributed by atoms with Crippen molar-refractivity contribution in [3.05, 3.63) is 106 Å². The van der Waals surface area contributed by atoms with E-state index in [2.05, 4.69) is 20.7 Å². The van der Waals surface area contributed by atoms with Crippen molar-refractivity contribution in [2.75, 3.05) is 0 Å². The van der Waals surface area contributed by atoms with E-state index in [9.17, 15) is 36.2 Å². The number of amides is 1. The van der Waals surface area contributed by atoms with Crippen molar-refractivity contribution in [3.8, 4) is 11.1 Å². The van der Waals surface area contributed by atoms with Gasteiger partial charge in [-0.1, -0.05) is 12.1 Å².